The van der Waals surface area contributed by atoms with Gasteiger partial charge in [-0.15, -0.1) is 11.3 Å². The van der Waals surface area contributed by atoms with Crippen LogP contribution in [0.2, 0.25) is 0 Å². The number of piperazine rings is 1. The molecule has 1 saturated heterocycles. The molecule has 0 spiro atoms. The van der Waals surface area contributed by atoms with Gasteiger partial charge >= 0.3 is 6.18 Å². The summed E-state index contributed by atoms with van der Waals surface area (Å²) in [6.45, 7) is 3.66. The summed E-state index contributed by atoms with van der Waals surface area (Å²) in [7, 11) is 0. The number of alkyl halides is 3. The molecule has 27 heavy (non-hydrogen) atoms. The predicted octanol–water partition coefficient (Wildman–Crippen LogP) is 4.03. The number of thiophene rings is 1. The minimum absolute atomic E-state index is 0.272. The molecule has 3 rings (SSSR count). The standard InChI is InChI=1S/C18H23F3N4OS/c1-2-3-4-5-13-10-14-16(22-12-23-17(14)27-13)25-8-6-24(7-9-25)15(26)11-18(19,20)21/h10,12H,2-9,11H2,1H3. The third kappa shape index (κ3) is 5.09. The molecule has 0 bridgehead atoms. The van der Waals surface area contributed by atoms with E-state index >= 15 is 0 Å². The van der Waals surface area contributed by atoms with Crippen molar-refractivity contribution in [3.8, 4) is 0 Å². The summed E-state index contributed by atoms with van der Waals surface area (Å²) in [6.07, 6.45) is 0.216. The number of fused-ring (bicyclic) bond motifs is 1. The molecular formula is C18H23F3N4OS. The summed E-state index contributed by atoms with van der Waals surface area (Å²) in [5.41, 5.74) is 0. The van der Waals surface area contributed by atoms with E-state index in [1.54, 1.807) is 11.3 Å². The van der Waals surface area contributed by atoms with E-state index in [1.165, 1.54) is 28.9 Å². The first-order valence-electron chi connectivity index (χ1n) is 9.20. The summed E-state index contributed by atoms with van der Waals surface area (Å²) in [5, 5.41) is 0.990. The smallest absolute Gasteiger partial charge is 0.352 e. The number of rotatable bonds is 6. The Morgan fingerprint density at radius 3 is 2.59 bits per heavy atom. The second-order valence-corrected chi connectivity index (χ2v) is 7.86. The van der Waals surface area contributed by atoms with Gasteiger partial charge in [0.15, 0.2) is 0 Å². The molecule has 2 aromatic heterocycles. The maximum absolute atomic E-state index is 12.4. The van der Waals surface area contributed by atoms with Crippen LogP contribution in [0.4, 0.5) is 19.0 Å². The average Bonchev–Trinajstić information content (AvgIpc) is 3.03. The lowest BCUT2D eigenvalue weighted by Crippen LogP contribution is -2.49. The molecule has 1 aliphatic heterocycles. The number of anilines is 1. The first-order chi connectivity index (χ1) is 12.9. The molecule has 0 aromatic carbocycles. The highest BCUT2D eigenvalue weighted by atomic mass is 32.1. The van der Waals surface area contributed by atoms with Crippen LogP contribution >= 0.6 is 11.3 Å². The van der Waals surface area contributed by atoms with E-state index in [4.69, 9.17) is 0 Å². The monoisotopic (exact) mass is 400 g/mol. The van der Waals surface area contributed by atoms with Crippen molar-refractivity contribution >= 4 is 33.3 Å². The first kappa shape index (κ1) is 19.9. The summed E-state index contributed by atoms with van der Waals surface area (Å²) < 4.78 is 37.3. The molecule has 0 radical (unpaired) electrons. The minimum Gasteiger partial charge on any atom is -0.352 e. The van der Waals surface area contributed by atoms with Crippen LogP contribution in [0.25, 0.3) is 10.2 Å². The third-order valence-corrected chi connectivity index (χ3v) is 5.77. The normalized spacial score (nSPS) is 15.6. The van der Waals surface area contributed by atoms with Gasteiger partial charge in [0.05, 0.1) is 5.39 Å². The van der Waals surface area contributed by atoms with Crippen molar-refractivity contribution in [3.05, 3.63) is 17.3 Å². The fourth-order valence-electron chi connectivity index (χ4n) is 3.27. The molecule has 3 heterocycles. The number of aryl methyl sites for hydroxylation is 1. The summed E-state index contributed by atoms with van der Waals surface area (Å²) >= 11 is 1.67. The number of amides is 1. The number of aromatic nitrogens is 2. The van der Waals surface area contributed by atoms with Crippen molar-refractivity contribution < 1.29 is 18.0 Å². The molecule has 1 aliphatic rings. The van der Waals surface area contributed by atoms with Crippen molar-refractivity contribution in [1.29, 1.82) is 0 Å². The zero-order valence-corrected chi connectivity index (χ0v) is 16.1. The molecule has 2 aromatic rings. The Bertz CT molecular complexity index is 784. The van der Waals surface area contributed by atoms with Crippen LogP contribution in [-0.2, 0) is 11.2 Å². The molecule has 0 unspecified atom stereocenters. The van der Waals surface area contributed by atoms with Gasteiger partial charge in [-0.1, -0.05) is 19.8 Å². The quantitative estimate of drug-likeness (QED) is 0.687. The van der Waals surface area contributed by atoms with Gasteiger partial charge in [0, 0.05) is 31.1 Å². The van der Waals surface area contributed by atoms with Gasteiger partial charge in [-0.05, 0) is 18.9 Å². The lowest BCUT2D eigenvalue weighted by Gasteiger charge is -2.35. The van der Waals surface area contributed by atoms with E-state index in [0.717, 1.165) is 28.9 Å². The van der Waals surface area contributed by atoms with E-state index in [2.05, 4.69) is 23.0 Å². The van der Waals surface area contributed by atoms with Gasteiger partial charge in [0.2, 0.25) is 5.91 Å². The van der Waals surface area contributed by atoms with E-state index in [-0.39, 0.29) is 13.1 Å². The molecule has 0 aliphatic carbocycles. The first-order valence-corrected chi connectivity index (χ1v) is 10.0. The number of nitrogens with zero attached hydrogens (tertiary/aromatic N) is 4. The summed E-state index contributed by atoms with van der Waals surface area (Å²) in [6, 6.07) is 2.13. The number of carbonyl (C=O) groups is 1. The fourth-order valence-corrected chi connectivity index (χ4v) is 4.30. The fraction of sp³-hybridized carbons (Fsp3) is 0.611. The zero-order chi connectivity index (χ0) is 19.4. The molecule has 9 heteroatoms. The Kier molecular flexibility index (Phi) is 6.18. The molecule has 148 valence electrons. The third-order valence-electron chi connectivity index (χ3n) is 4.67. The number of unbranched alkanes of at least 4 members (excludes halogenated alkanes) is 2. The van der Waals surface area contributed by atoms with Gasteiger partial charge in [0.25, 0.3) is 0 Å². The van der Waals surface area contributed by atoms with Crippen LogP contribution in [0.5, 0.6) is 0 Å². The van der Waals surface area contributed by atoms with Crippen molar-refractivity contribution in [2.45, 2.75) is 45.2 Å². The van der Waals surface area contributed by atoms with E-state index in [1.807, 2.05) is 4.90 Å². The molecular weight excluding hydrogens is 377 g/mol. The van der Waals surface area contributed by atoms with Gasteiger partial charge in [0.1, 0.15) is 23.4 Å². The molecule has 1 fully saturated rings. The SMILES string of the molecule is CCCCCc1cc2c(N3CCN(C(=O)CC(F)(F)F)CC3)ncnc2s1. The number of halogens is 3. The maximum Gasteiger partial charge on any atom is 0.397 e. The Morgan fingerprint density at radius 1 is 1.19 bits per heavy atom. The van der Waals surface area contributed by atoms with Gasteiger partial charge in [-0.3, -0.25) is 4.79 Å². The van der Waals surface area contributed by atoms with Crippen LogP contribution in [0.15, 0.2) is 12.4 Å². The summed E-state index contributed by atoms with van der Waals surface area (Å²) in [4.78, 5) is 26.1. The van der Waals surface area contributed by atoms with E-state index in [0.29, 0.717) is 13.1 Å². The van der Waals surface area contributed by atoms with Crippen LogP contribution in [0.1, 0.15) is 37.5 Å². The van der Waals surface area contributed by atoms with Crippen molar-refractivity contribution in [2.75, 3.05) is 31.1 Å². The lowest BCUT2D eigenvalue weighted by atomic mass is 10.2. The molecule has 5 nitrogen and oxygen atoms in total. The van der Waals surface area contributed by atoms with Crippen molar-refractivity contribution in [2.24, 2.45) is 0 Å². The van der Waals surface area contributed by atoms with E-state index in [9.17, 15) is 18.0 Å². The predicted molar refractivity (Wildman–Crippen MR) is 100 cm³/mol. The Labute approximate surface area is 160 Å². The van der Waals surface area contributed by atoms with Gasteiger partial charge in [-0.2, -0.15) is 13.2 Å². The number of hydrogen-bond donors (Lipinski definition) is 0. The zero-order valence-electron chi connectivity index (χ0n) is 15.3. The number of carbonyl (C=O) groups excluding carboxylic acids is 1. The second kappa shape index (κ2) is 8.41. The van der Waals surface area contributed by atoms with Gasteiger partial charge in [-0.25, -0.2) is 9.97 Å². The number of hydrogen-bond acceptors (Lipinski definition) is 5. The molecule has 1 amide bonds. The molecule has 0 saturated carbocycles. The highest BCUT2D eigenvalue weighted by Crippen LogP contribution is 2.31. The maximum atomic E-state index is 12.4. The van der Waals surface area contributed by atoms with Crippen molar-refractivity contribution in [3.63, 3.8) is 0 Å². The minimum atomic E-state index is -4.46. The van der Waals surface area contributed by atoms with Crippen molar-refractivity contribution in [1.82, 2.24) is 14.9 Å². The van der Waals surface area contributed by atoms with Gasteiger partial charge < -0.3 is 9.80 Å². The Morgan fingerprint density at radius 2 is 1.93 bits per heavy atom. The largest absolute Gasteiger partial charge is 0.397 e. The molecule has 0 atom stereocenters. The second-order valence-electron chi connectivity index (χ2n) is 6.75. The van der Waals surface area contributed by atoms with Crippen LogP contribution < -0.4 is 4.90 Å². The molecule has 0 N–H and O–H groups in total. The highest BCUT2D eigenvalue weighted by molar-refractivity contribution is 7.18. The summed E-state index contributed by atoms with van der Waals surface area (Å²) in [5.74, 6) is -0.0513. The van der Waals surface area contributed by atoms with Crippen LogP contribution in [0, 0.1) is 0 Å². The Hall–Kier alpha value is -1.90. The lowest BCUT2D eigenvalue weighted by molar-refractivity contribution is -0.161. The highest BCUT2D eigenvalue weighted by Gasteiger charge is 2.34. The van der Waals surface area contributed by atoms with E-state index < -0.39 is 18.5 Å². The topological polar surface area (TPSA) is 49.3 Å². The Balaban J connectivity index is 1.67. The van der Waals surface area contributed by atoms with Crippen LogP contribution in [-0.4, -0.2) is 53.1 Å². The average molecular weight is 400 g/mol. The van der Waals surface area contributed by atoms with Crippen LogP contribution in [0.3, 0.4) is 0 Å².